The number of rotatable bonds is 16. The largest absolute Gasteiger partial charge is 0.465 e. The van der Waals surface area contributed by atoms with Crippen molar-refractivity contribution >= 4 is 35.8 Å². The molecular weight excluding hydrogens is 538 g/mol. The Labute approximate surface area is 240 Å². The van der Waals surface area contributed by atoms with Crippen LogP contribution in [0.5, 0.6) is 0 Å². The lowest BCUT2D eigenvalue weighted by Gasteiger charge is -2.23. The Hall–Kier alpha value is -4.16. The number of carbonyl (C=O) groups excluding carboxylic acids is 6. The van der Waals surface area contributed by atoms with Gasteiger partial charge < -0.3 is 34.9 Å². The molecule has 0 saturated heterocycles. The van der Waals surface area contributed by atoms with Crippen LogP contribution < -0.4 is 16.0 Å². The topological polar surface area (TPSA) is 175 Å². The average Bonchev–Trinajstić information content (AvgIpc) is 2.90. The number of nitrogens with one attached hydrogen (secondary N) is 3. The van der Waals surface area contributed by atoms with Gasteiger partial charge in [0.1, 0.15) is 30.8 Å². The van der Waals surface area contributed by atoms with E-state index in [1.54, 1.807) is 58.9 Å². The van der Waals surface area contributed by atoms with E-state index in [-0.39, 0.29) is 45.5 Å². The van der Waals surface area contributed by atoms with Gasteiger partial charge in [-0.3, -0.25) is 19.2 Å². The molecule has 1 rings (SSSR count). The van der Waals surface area contributed by atoms with Crippen LogP contribution >= 0.6 is 0 Å². The molecule has 1 aromatic carbocycles. The highest BCUT2D eigenvalue weighted by molar-refractivity contribution is 5.90. The summed E-state index contributed by atoms with van der Waals surface area (Å²) in [6.45, 7) is 7.98. The molecule has 13 heteroatoms. The minimum absolute atomic E-state index is 0.0473. The highest BCUT2D eigenvalue weighted by Crippen LogP contribution is 2.10. The third kappa shape index (κ3) is 15.9. The quantitative estimate of drug-likeness (QED) is 0.194. The molecule has 0 fully saturated rings. The van der Waals surface area contributed by atoms with Gasteiger partial charge in [-0.2, -0.15) is 0 Å². The molecule has 0 heterocycles. The van der Waals surface area contributed by atoms with E-state index in [1.807, 2.05) is 6.07 Å². The molecule has 2 atom stereocenters. The summed E-state index contributed by atoms with van der Waals surface area (Å²) in [5.74, 6) is -3.36. The van der Waals surface area contributed by atoms with Crippen LogP contribution in [0.25, 0.3) is 0 Å². The highest BCUT2D eigenvalue weighted by atomic mass is 16.6. The van der Waals surface area contributed by atoms with Crippen LogP contribution in [0.15, 0.2) is 30.3 Å². The van der Waals surface area contributed by atoms with Gasteiger partial charge in [0.05, 0.1) is 13.2 Å². The first kappa shape index (κ1) is 34.9. The molecule has 228 valence electrons. The van der Waals surface area contributed by atoms with Crippen molar-refractivity contribution in [3.63, 3.8) is 0 Å². The first-order valence-electron chi connectivity index (χ1n) is 13.4. The van der Waals surface area contributed by atoms with Crippen molar-refractivity contribution in [3.05, 3.63) is 35.9 Å². The molecular formula is C28H41N3O10. The van der Waals surface area contributed by atoms with Crippen LogP contribution in [0.2, 0.25) is 0 Å². The second-order valence-corrected chi connectivity index (χ2v) is 9.82. The van der Waals surface area contributed by atoms with Gasteiger partial charge in [-0.25, -0.2) is 9.59 Å². The fraction of sp³-hybridized carbons (Fsp3) is 0.571. The molecule has 0 aliphatic heterocycles. The van der Waals surface area contributed by atoms with Crippen LogP contribution in [0.3, 0.4) is 0 Å². The maximum absolute atomic E-state index is 12.8. The molecule has 0 aromatic heterocycles. The predicted octanol–water partition coefficient (Wildman–Crippen LogP) is 1.91. The van der Waals surface area contributed by atoms with Crippen molar-refractivity contribution in [2.24, 2.45) is 0 Å². The van der Waals surface area contributed by atoms with E-state index in [4.69, 9.17) is 18.9 Å². The molecule has 0 aliphatic carbocycles. The van der Waals surface area contributed by atoms with Crippen LogP contribution in [-0.2, 0) is 49.5 Å². The van der Waals surface area contributed by atoms with Crippen molar-refractivity contribution in [2.45, 2.75) is 84.6 Å². The van der Waals surface area contributed by atoms with Crippen LogP contribution in [-0.4, -0.2) is 73.3 Å². The molecule has 3 N–H and O–H groups in total. The third-order valence-corrected chi connectivity index (χ3v) is 5.17. The summed E-state index contributed by atoms with van der Waals surface area (Å²) in [4.78, 5) is 74.0. The number of esters is 3. The number of alkyl carbamates (subject to hydrolysis) is 1. The number of ether oxygens (including phenoxy) is 4. The molecule has 0 saturated carbocycles. The van der Waals surface area contributed by atoms with E-state index in [0.29, 0.717) is 0 Å². The molecule has 0 radical (unpaired) electrons. The lowest BCUT2D eigenvalue weighted by atomic mass is 10.1. The zero-order valence-electron chi connectivity index (χ0n) is 24.3. The van der Waals surface area contributed by atoms with Crippen LogP contribution in [0, 0.1) is 0 Å². The van der Waals surface area contributed by atoms with Crippen molar-refractivity contribution in [3.8, 4) is 0 Å². The Balaban J connectivity index is 2.80. The zero-order chi connectivity index (χ0) is 30.8. The normalized spacial score (nSPS) is 12.2. The minimum atomic E-state index is -1.19. The summed E-state index contributed by atoms with van der Waals surface area (Å²) in [5.41, 5.74) is -0.0263. The number of carbonyl (C=O) groups is 6. The van der Waals surface area contributed by atoms with E-state index >= 15 is 0 Å². The second kappa shape index (κ2) is 18.2. The maximum atomic E-state index is 12.8. The summed E-state index contributed by atoms with van der Waals surface area (Å²) in [7, 11) is 0. The molecule has 0 bridgehead atoms. The van der Waals surface area contributed by atoms with Gasteiger partial charge in [0.2, 0.25) is 11.8 Å². The Morgan fingerprint density at radius 2 is 1.41 bits per heavy atom. The smallest absolute Gasteiger partial charge is 0.408 e. The molecule has 0 aliphatic rings. The fourth-order valence-electron chi connectivity index (χ4n) is 3.32. The van der Waals surface area contributed by atoms with Crippen molar-refractivity contribution in [1.82, 2.24) is 16.0 Å². The Morgan fingerprint density at radius 3 is 2.02 bits per heavy atom. The maximum Gasteiger partial charge on any atom is 0.408 e. The SMILES string of the molecule is CCOC(=O)CNC(=O)[C@H](CCC(=O)OCc1ccccc1)NC(=O)CC[C@H](NC(=O)OC(C)(C)C)C(=O)OCC. The minimum Gasteiger partial charge on any atom is -0.465 e. The van der Waals surface area contributed by atoms with Crippen molar-refractivity contribution < 1.29 is 47.7 Å². The van der Waals surface area contributed by atoms with Crippen molar-refractivity contribution in [1.29, 1.82) is 0 Å². The molecule has 13 nitrogen and oxygen atoms in total. The highest BCUT2D eigenvalue weighted by Gasteiger charge is 2.28. The fourth-order valence-corrected chi connectivity index (χ4v) is 3.32. The number of amides is 3. The van der Waals surface area contributed by atoms with E-state index in [0.717, 1.165) is 5.56 Å². The molecule has 41 heavy (non-hydrogen) atoms. The van der Waals surface area contributed by atoms with E-state index in [9.17, 15) is 28.8 Å². The standard InChI is InChI=1S/C28H41N3O10/c1-6-38-24(34)17-29-25(35)20(14-16-23(33)40-18-19-11-9-8-10-12-19)30-22(32)15-13-21(26(36)39-7-2)31-27(37)41-28(3,4)5/h8-12,20-21H,6-7,13-18H2,1-5H3,(H,29,35)(H,30,32)(H,31,37)/t20-,21-/m0/s1. The number of benzene rings is 1. The third-order valence-electron chi connectivity index (χ3n) is 5.17. The summed E-state index contributed by atoms with van der Waals surface area (Å²) in [5, 5.41) is 7.28. The van der Waals surface area contributed by atoms with Gasteiger partial charge in [-0.05, 0) is 53.0 Å². The summed E-state index contributed by atoms with van der Waals surface area (Å²) in [6.07, 6.45) is -1.61. The van der Waals surface area contributed by atoms with E-state index < -0.39 is 60.0 Å². The van der Waals surface area contributed by atoms with Gasteiger partial charge >= 0.3 is 24.0 Å². The van der Waals surface area contributed by atoms with Crippen LogP contribution in [0.4, 0.5) is 4.79 Å². The van der Waals surface area contributed by atoms with Gasteiger partial charge in [-0.1, -0.05) is 30.3 Å². The van der Waals surface area contributed by atoms with Crippen molar-refractivity contribution in [2.75, 3.05) is 19.8 Å². The Kier molecular flexibility index (Phi) is 15.5. The van der Waals surface area contributed by atoms with Gasteiger partial charge in [-0.15, -0.1) is 0 Å². The Bertz CT molecular complexity index is 1020. The molecule has 1 aromatic rings. The molecule has 0 spiro atoms. The van der Waals surface area contributed by atoms with Gasteiger partial charge in [0, 0.05) is 12.8 Å². The first-order valence-corrected chi connectivity index (χ1v) is 13.4. The average molecular weight is 580 g/mol. The number of hydrogen-bond acceptors (Lipinski definition) is 10. The summed E-state index contributed by atoms with van der Waals surface area (Å²) < 4.78 is 20.2. The zero-order valence-corrected chi connectivity index (χ0v) is 24.3. The molecule has 3 amide bonds. The van der Waals surface area contributed by atoms with E-state index in [2.05, 4.69) is 16.0 Å². The lowest BCUT2D eigenvalue weighted by molar-refractivity contribution is -0.147. The first-order chi connectivity index (χ1) is 19.3. The summed E-state index contributed by atoms with van der Waals surface area (Å²) in [6, 6.07) is 6.65. The number of hydrogen-bond donors (Lipinski definition) is 3. The van der Waals surface area contributed by atoms with Gasteiger partial charge in [0.15, 0.2) is 0 Å². The molecule has 0 unspecified atom stereocenters. The Morgan fingerprint density at radius 1 is 0.780 bits per heavy atom. The van der Waals surface area contributed by atoms with Crippen LogP contribution in [0.1, 0.15) is 65.9 Å². The second-order valence-electron chi connectivity index (χ2n) is 9.82. The predicted molar refractivity (Wildman–Crippen MR) is 146 cm³/mol. The summed E-state index contributed by atoms with van der Waals surface area (Å²) >= 11 is 0. The monoisotopic (exact) mass is 579 g/mol. The van der Waals surface area contributed by atoms with Gasteiger partial charge in [0.25, 0.3) is 0 Å². The lowest BCUT2D eigenvalue weighted by Crippen LogP contribution is -2.49. The van der Waals surface area contributed by atoms with E-state index in [1.165, 1.54) is 0 Å².